The third-order valence-corrected chi connectivity index (χ3v) is 2.96. The van der Waals surface area contributed by atoms with Gasteiger partial charge in [-0.1, -0.05) is 12.2 Å². The van der Waals surface area contributed by atoms with Crippen molar-refractivity contribution >= 4 is 0 Å². The Morgan fingerprint density at radius 3 is 2.53 bits per heavy atom. The molecule has 1 atom stereocenters. The summed E-state index contributed by atoms with van der Waals surface area (Å²) in [4.78, 5) is 6.37. The van der Waals surface area contributed by atoms with Gasteiger partial charge >= 0.3 is 0 Å². The third kappa shape index (κ3) is 5.32. The van der Waals surface area contributed by atoms with Crippen molar-refractivity contribution in [2.24, 2.45) is 0 Å². The van der Waals surface area contributed by atoms with Gasteiger partial charge in [0, 0.05) is 19.6 Å². The maximum absolute atomic E-state index is 12.9. The van der Waals surface area contributed by atoms with Gasteiger partial charge in [-0.2, -0.15) is 0 Å². The Labute approximate surface area is 114 Å². The number of nitrogens with zero attached hydrogens (tertiary/aromatic N) is 2. The Morgan fingerprint density at radius 2 is 2.05 bits per heavy atom. The highest BCUT2D eigenvalue weighted by atomic mass is 19.1. The molecular formula is C15H22FN3. The molecule has 0 bridgehead atoms. The Kier molecular flexibility index (Phi) is 7.00. The smallest absolute Gasteiger partial charge is 0.141 e. The monoisotopic (exact) mass is 263 g/mol. The van der Waals surface area contributed by atoms with E-state index in [0.717, 1.165) is 31.7 Å². The van der Waals surface area contributed by atoms with E-state index in [9.17, 15) is 4.39 Å². The van der Waals surface area contributed by atoms with E-state index in [2.05, 4.69) is 28.4 Å². The minimum Gasteiger partial charge on any atom is -0.312 e. The largest absolute Gasteiger partial charge is 0.312 e. The average molecular weight is 263 g/mol. The molecule has 104 valence electrons. The number of pyridine rings is 1. The first-order chi connectivity index (χ1) is 9.21. The molecule has 0 saturated heterocycles. The summed E-state index contributed by atoms with van der Waals surface area (Å²) in [7, 11) is 1.89. The fourth-order valence-corrected chi connectivity index (χ4v) is 1.97. The molecule has 0 saturated carbocycles. The first-order valence-corrected chi connectivity index (χ1v) is 6.44. The van der Waals surface area contributed by atoms with E-state index in [-0.39, 0.29) is 11.9 Å². The van der Waals surface area contributed by atoms with Crippen LogP contribution in [0, 0.1) is 5.82 Å². The molecule has 0 aliphatic rings. The number of hydrogen-bond donors (Lipinski definition) is 1. The lowest BCUT2D eigenvalue weighted by Crippen LogP contribution is -2.29. The molecule has 19 heavy (non-hydrogen) atoms. The second kappa shape index (κ2) is 8.56. The highest BCUT2D eigenvalue weighted by molar-refractivity contribution is 5.09. The van der Waals surface area contributed by atoms with E-state index in [1.807, 2.05) is 19.2 Å². The molecule has 0 aromatic carbocycles. The van der Waals surface area contributed by atoms with Gasteiger partial charge in [-0.25, -0.2) is 4.39 Å². The first-order valence-electron chi connectivity index (χ1n) is 6.44. The quantitative estimate of drug-likeness (QED) is 0.694. The van der Waals surface area contributed by atoms with Crippen LogP contribution in [0.4, 0.5) is 4.39 Å². The van der Waals surface area contributed by atoms with Gasteiger partial charge < -0.3 is 5.32 Å². The highest BCUT2D eigenvalue weighted by Crippen LogP contribution is 2.14. The van der Waals surface area contributed by atoms with Gasteiger partial charge in [-0.3, -0.25) is 9.88 Å². The van der Waals surface area contributed by atoms with E-state index >= 15 is 0 Å². The van der Waals surface area contributed by atoms with Crippen LogP contribution in [0.15, 0.2) is 43.6 Å². The highest BCUT2D eigenvalue weighted by Gasteiger charge is 2.12. The molecular weight excluding hydrogens is 241 g/mol. The van der Waals surface area contributed by atoms with E-state index in [0.29, 0.717) is 0 Å². The van der Waals surface area contributed by atoms with E-state index in [1.165, 1.54) is 12.3 Å². The van der Waals surface area contributed by atoms with E-state index in [1.54, 1.807) is 6.07 Å². The molecule has 0 amide bonds. The van der Waals surface area contributed by atoms with Crippen LogP contribution in [-0.4, -0.2) is 36.6 Å². The lowest BCUT2D eigenvalue weighted by atomic mass is 10.1. The number of halogens is 1. The van der Waals surface area contributed by atoms with Crippen LogP contribution in [0.3, 0.4) is 0 Å². The summed E-state index contributed by atoms with van der Waals surface area (Å²) in [5.41, 5.74) is 0.862. The zero-order valence-electron chi connectivity index (χ0n) is 11.5. The maximum atomic E-state index is 12.9. The molecule has 1 N–H and O–H groups in total. The molecule has 1 rings (SSSR count). The molecule has 0 fully saturated rings. The second-order valence-electron chi connectivity index (χ2n) is 4.37. The van der Waals surface area contributed by atoms with Gasteiger partial charge in [0.05, 0.1) is 17.9 Å². The zero-order chi connectivity index (χ0) is 14.1. The van der Waals surface area contributed by atoms with Crippen LogP contribution in [-0.2, 0) is 0 Å². The summed E-state index contributed by atoms with van der Waals surface area (Å²) in [6, 6.07) is 3.29. The van der Waals surface area contributed by atoms with E-state index < -0.39 is 0 Å². The number of aromatic nitrogens is 1. The van der Waals surface area contributed by atoms with Gasteiger partial charge in [0.15, 0.2) is 0 Å². The van der Waals surface area contributed by atoms with Crippen molar-refractivity contribution in [2.45, 2.75) is 12.5 Å². The number of rotatable bonds is 9. The van der Waals surface area contributed by atoms with Gasteiger partial charge in [-0.05, 0) is 25.6 Å². The van der Waals surface area contributed by atoms with Crippen LogP contribution >= 0.6 is 0 Å². The van der Waals surface area contributed by atoms with Crippen molar-refractivity contribution in [2.75, 3.05) is 26.7 Å². The lowest BCUT2D eigenvalue weighted by Gasteiger charge is -2.22. The summed E-state index contributed by atoms with van der Waals surface area (Å²) < 4.78 is 12.9. The van der Waals surface area contributed by atoms with Crippen molar-refractivity contribution in [1.29, 1.82) is 0 Å². The zero-order valence-corrected chi connectivity index (χ0v) is 11.5. The molecule has 1 unspecified atom stereocenters. The van der Waals surface area contributed by atoms with Crippen molar-refractivity contribution in [3.8, 4) is 0 Å². The van der Waals surface area contributed by atoms with Gasteiger partial charge in [0.25, 0.3) is 0 Å². The minimum absolute atomic E-state index is 0.123. The topological polar surface area (TPSA) is 28.2 Å². The van der Waals surface area contributed by atoms with Crippen molar-refractivity contribution in [3.63, 3.8) is 0 Å². The standard InChI is InChI=1S/C15H22FN3/c1-4-9-19(10-5-2)11-8-14(17-3)15-7-6-13(16)12-18-15/h4-7,12,14,17H,1-2,8-11H2,3H3. The Balaban J connectivity index is 2.58. The van der Waals surface area contributed by atoms with Gasteiger partial charge in [0.1, 0.15) is 5.82 Å². The molecule has 4 heteroatoms. The lowest BCUT2D eigenvalue weighted by molar-refractivity contribution is 0.309. The number of hydrogen-bond acceptors (Lipinski definition) is 3. The van der Waals surface area contributed by atoms with E-state index in [4.69, 9.17) is 0 Å². The summed E-state index contributed by atoms with van der Waals surface area (Å²) >= 11 is 0. The van der Waals surface area contributed by atoms with Crippen LogP contribution in [0.2, 0.25) is 0 Å². The summed E-state index contributed by atoms with van der Waals surface area (Å²) in [5.74, 6) is -0.307. The first kappa shape index (κ1) is 15.5. The second-order valence-corrected chi connectivity index (χ2v) is 4.37. The minimum atomic E-state index is -0.307. The summed E-state index contributed by atoms with van der Waals surface area (Å²) in [6.45, 7) is 10.1. The fourth-order valence-electron chi connectivity index (χ4n) is 1.97. The van der Waals surface area contributed by atoms with Gasteiger partial charge in [0.2, 0.25) is 0 Å². The third-order valence-electron chi connectivity index (χ3n) is 2.96. The molecule has 0 aliphatic heterocycles. The Morgan fingerprint density at radius 1 is 1.37 bits per heavy atom. The molecule has 1 heterocycles. The van der Waals surface area contributed by atoms with Crippen LogP contribution in [0.5, 0.6) is 0 Å². The molecule has 3 nitrogen and oxygen atoms in total. The molecule has 0 spiro atoms. The SMILES string of the molecule is C=CCN(CC=C)CCC(NC)c1ccc(F)cn1. The van der Waals surface area contributed by atoms with Crippen molar-refractivity contribution in [3.05, 3.63) is 55.2 Å². The molecule has 0 aliphatic carbocycles. The fraction of sp³-hybridized carbons (Fsp3) is 0.400. The van der Waals surface area contributed by atoms with Gasteiger partial charge in [-0.15, -0.1) is 13.2 Å². The Bertz CT molecular complexity index is 379. The summed E-state index contributed by atoms with van der Waals surface area (Å²) in [5, 5.41) is 3.21. The normalized spacial score (nSPS) is 12.4. The van der Waals surface area contributed by atoms with Crippen LogP contribution in [0.25, 0.3) is 0 Å². The molecule has 1 aromatic heterocycles. The Hall–Kier alpha value is -1.52. The summed E-state index contributed by atoms with van der Waals surface area (Å²) in [6.07, 6.45) is 5.92. The average Bonchev–Trinajstić information content (AvgIpc) is 2.41. The predicted molar refractivity (Wildman–Crippen MR) is 77.4 cm³/mol. The maximum Gasteiger partial charge on any atom is 0.141 e. The van der Waals surface area contributed by atoms with Crippen molar-refractivity contribution < 1.29 is 4.39 Å². The molecule has 0 radical (unpaired) electrons. The predicted octanol–water partition coefficient (Wildman–Crippen LogP) is 2.55. The van der Waals surface area contributed by atoms with Crippen LogP contribution in [0.1, 0.15) is 18.2 Å². The van der Waals surface area contributed by atoms with Crippen LogP contribution < -0.4 is 5.32 Å². The number of nitrogens with one attached hydrogen (secondary N) is 1. The molecule has 1 aromatic rings. The van der Waals surface area contributed by atoms with Crippen molar-refractivity contribution in [1.82, 2.24) is 15.2 Å².